The van der Waals surface area contributed by atoms with E-state index in [2.05, 4.69) is 0 Å². The van der Waals surface area contributed by atoms with Crippen molar-refractivity contribution in [2.45, 2.75) is 18.9 Å². The maximum atomic E-state index is 12.1. The van der Waals surface area contributed by atoms with Crippen LogP contribution in [0.5, 0.6) is 0 Å². The average Bonchev–Trinajstić information content (AvgIpc) is 2.29. The fourth-order valence-corrected chi connectivity index (χ4v) is 1.43. The highest BCUT2D eigenvalue weighted by Crippen LogP contribution is 2.30. The summed E-state index contributed by atoms with van der Waals surface area (Å²) in [5.74, 6) is 0. The third-order valence-corrected chi connectivity index (χ3v) is 2.46. The van der Waals surface area contributed by atoms with Crippen LogP contribution < -0.4 is 0 Å². The summed E-state index contributed by atoms with van der Waals surface area (Å²) in [6.45, 7) is 2.65. The van der Waals surface area contributed by atoms with Gasteiger partial charge in [-0.3, -0.25) is 4.90 Å². The lowest BCUT2D eigenvalue weighted by atomic mass is 9.99. The molecule has 0 aromatic carbocycles. The van der Waals surface area contributed by atoms with Gasteiger partial charge in [0, 0.05) is 12.1 Å². The smallest absolute Gasteiger partial charge is 0.0872 e. The molecule has 1 aliphatic heterocycles. The maximum absolute atomic E-state index is 12.1. The van der Waals surface area contributed by atoms with Crippen LogP contribution in [0, 0.1) is 0 Å². The average molecular weight is 159 g/mol. The van der Waals surface area contributed by atoms with Crippen molar-refractivity contribution in [2.75, 3.05) is 20.2 Å². The second-order valence-corrected chi connectivity index (χ2v) is 3.46. The number of aliphatic hydroxyl groups is 1. The molecule has 1 saturated heterocycles. The van der Waals surface area contributed by atoms with Crippen LogP contribution in [0.25, 0.3) is 0 Å². The Morgan fingerprint density at radius 2 is 2.45 bits per heavy atom. The Morgan fingerprint density at radius 3 is 2.73 bits per heavy atom. The largest absolute Gasteiger partial charge is 0.394 e. The molecular weight excluding hydrogens is 145 g/mol. The van der Waals surface area contributed by atoms with E-state index >= 15 is 0 Å². The van der Waals surface area contributed by atoms with Crippen LogP contribution in [0.4, 0.5) is 4.39 Å². The Labute approximate surface area is 66.3 Å². The molecule has 0 radical (unpaired) electrons. The Morgan fingerprint density at radius 1 is 1.82 bits per heavy atom. The van der Waals surface area contributed by atoms with Crippen LogP contribution >= 0.6 is 0 Å². The van der Waals surface area contributed by atoms with E-state index in [1.807, 2.05) is 18.9 Å². The number of halogens is 1. The summed E-state index contributed by atoms with van der Waals surface area (Å²) in [7, 11) is 1.90. The number of rotatable bonds is 1. The van der Waals surface area contributed by atoms with Gasteiger partial charge >= 0.3 is 0 Å². The minimum Gasteiger partial charge on any atom is -0.394 e. The molecule has 1 fully saturated rings. The maximum Gasteiger partial charge on any atom is 0.0872 e. The molecule has 1 N–H and O–H groups in total. The van der Waals surface area contributed by atoms with Gasteiger partial charge in [0.05, 0.1) is 12.9 Å². The second-order valence-electron chi connectivity index (χ2n) is 3.46. The Kier molecular flexibility index (Phi) is 2.30. The van der Waals surface area contributed by atoms with Crippen molar-refractivity contribution in [1.29, 1.82) is 0 Å². The number of hydrogen-bond acceptors (Lipinski definition) is 2. The molecule has 1 aliphatic rings. The zero-order valence-corrected chi connectivity index (χ0v) is 6.97. The lowest BCUT2D eigenvalue weighted by molar-refractivity contribution is 0.100. The summed E-state index contributed by atoms with van der Waals surface area (Å²) in [5, 5.41) is 9.02. The number of aliphatic hydroxyl groups excluding tert-OH is 1. The summed E-state index contributed by atoms with van der Waals surface area (Å²) in [6, 6.07) is 0. The predicted molar refractivity (Wildman–Crippen MR) is 41.9 cm³/mol. The molecule has 0 amide bonds. The van der Waals surface area contributed by atoms with Gasteiger partial charge in [-0.15, -0.1) is 0 Å². The van der Waals surface area contributed by atoms with E-state index in [4.69, 9.17) is 5.11 Å². The number of likely N-dealkylation sites (N-methyl/N-ethyl adjacent to an activating group) is 1. The minimum absolute atomic E-state index is 0.0842. The third kappa shape index (κ3) is 1.44. The van der Waals surface area contributed by atoms with Crippen molar-refractivity contribution >= 4 is 0 Å². The second kappa shape index (κ2) is 2.91. The molecule has 0 spiro atoms. The van der Waals surface area contributed by atoms with Crippen molar-refractivity contribution in [1.82, 2.24) is 4.90 Å². The van der Waals surface area contributed by atoms with Gasteiger partial charge in [0.1, 0.15) is 0 Å². The first-order valence-electron chi connectivity index (χ1n) is 3.72. The highest BCUT2D eigenvalue weighted by molar-refractivity contribution is 5.14. The lowest BCUT2D eigenvalue weighted by Gasteiger charge is -2.28. The highest BCUT2D eigenvalue weighted by atomic mass is 19.1. The Bertz CT molecular complexity index is 181. The molecular formula is C8H14FNO. The van der Waals surface area contributed by atoms with Crippen molar-refractivity contribution in [3.63, 3.8) is 0 Å². The van der Waals surface area contributed by atoms with E-state index in [1.54, 1.807) is 0 Å². The summed E-state index contributed by atoms with van der Waals surface area (Å²) in [6.07, 6.45) is 1.29. The highest BCUT2D eigenvalue weighted by Gasteiger charge is 2.35. The predicted octanol–water partition coefficient (Wildman–Crippen LogP) is 0.926. The van der Waals surface area contributed by atoms with Gasteiger partial charge in [-0.05, 0) is 26.0 Å². The van der Waals surface area contributed by atoms with Crippen molar-refractivity contribution < 1.29 is 9.50 Å². The topological polar surface area (TPSA) is 23.5 Å². The third-order valence-electron chi connectivity index (χ3n) is 2.46. The van der Waals surface area contributed by atoms with Gasteiger partial charge in [0.2, 0.25) is 0 Å². The molecule has 2 nitrogen and oxygen atoms in total. The molecule has 1 rings (SSSR count). The van der Waals surface area contributed by atoms with Gasteiger partial charge in [0.15, 0.2) is 0 Å². The van der Waals surface area contributed by atoms with Crippen molar-refractivity contribution in [2.24, 2.45) is 0 Å². The molecule has 0 aromatic heterocycles. The first-order chi connectivity index (χ1) is 5.12. The fraction of sp³-hybridized carbons (Fsp3) is 0.750. The van der Waals surface area contributed by atoms with Crippen LogP contribution in [-0.2, 0) is 0 Å². The molecule has 1 heterocycles. The first kappa shape index (κ1) is 8.68. The van der Waals surface area contributed by atoms with Gasteiger partial charge in [-0.1, -0.05) is 0 Å². The van der Waals surface area contributed by atoms with E-state index in [1.165, 1.54) is 0 Å². The van der Waals surface area contributed by atoms with E-state index in [-0.39, 0.29) is 12.1 Å². The zero-order chi connectivity index (χ0) is 8.48. The van der Waals surface area contributed by atoms with Gasteiger partial charge < -0.3 is 5.11 Å². The van der Waals surface area contributed by atoms with Crippen molar-refractivity contribution in [3.8, 4) is 0 Å². The fourth-order valence-electron chi connectivity index (χ4n) is 1.43. The summed E-state index contributed by atoms with van der Waals surface area (Å²) < 4.78 is 12.1. The van der Waals surface area contributed by atoms with E-state index in [9.17, 15) is 4.39 Å². The monoisotopic (exact) mass is 159 g/mol. The minimum atomic E-state index is -0.252. The molecule has 11 heavy (non-hydrogen) atoms. The van der Waals surface area contributed by atoms with Crippen LogP contribution in [-0.4, -0.2) is 35.7 Å². The van der Waals surface area contributed by atoms with E-state index in [0.29, 0.717) is 19.3 Å². The molecule has 0 unspecified atom stereocenters. The molecule has 0 aromatic rings. The molecule has 1 atom stereocenters. The summed E-state index contributed by atoms with van der Waals surface area (Å²) in [5.41, 5.74) is 0.516. The molecule has 0 bridgehead atoms. The van der Waals surface area contributed by atoms with Gasteiger partial charge in [-0.25, -0.2) is 4.39 Å². The van der Waals surface area contributed by atoms with Crippen LogP contribution in [0.2, 0.25) is 0 Å². The van der Waals surface area contributed by atoms with Crippen molar-refractivity contribution in [3.05, 3.63) is 11.9 Å². The molecule has 0 aliphatic carbocycles. The molecule has 64 valence electrons. The van der Waals surface area contributed by atoms with Gasteiger partial charge in [0.25, 0.3) is 0 Å². The summed E-state index contributed by atoms with van der Waals surface area (Å²) in [4.78, 5) is 1.97. The number of hydrogen-bond donors (Lipinski definition) is 1. The zero-order valence-electron chi connectivity index (χ0n) is 6.97. The molecule has 0 saturated carbocycles. The Hall–Kier alpha value is -0.410. The summed E-state index contributed by atoms with van der Waals surface area (Å²) >= 11 is 0. The molecule has 3 heteroatoms. The van der Waals surface area contributed by atoms with Crippen LogP contribution in [0.3, 0.4) is 0 Å². The quantitative estimate of drug-likeness (QED) is 0.615. The Balaban J connectivity index is 2.73. The van der Waals surface area contributed by atoms with E-state index < -0.39 is 0 Å². The number of nitrogens with zero attached hydrogens (tertiary/aromatic N) is 1. The van der Waals surface area contributed by atoms with Crippen LogP contribution in [0.15, 0.2) is 11.9 Å². The van der Waals surface area contributed by atoms with Gasteiger partial charge in [-0.2, -0.15) is 0 Å². The van der Waals surface area contributed by atoms with Crippen LogP contribution in [0.1, 0.15) is 13.3 Å². The van der Waals surface area contributed by atoms with E-state index in [0.717, 1.165) is 5.57 Å². The SMILES string of the molecule is CN1C/C(=C/F)C[C@@]1(C)CO. The number of likely N-dealkylation sites (tertiary alicyclic amines) is 1. The first-order valence-corrected chi connectivity index (χ1v) is 3.72. The standard InChI is InChI=1S/C8H14FNO/c1-8(6-11)3-7(4-9)5-10(8)2/h4,11H,3,5-6H2,1-2H3/b7-4+/t8-/m0/s1. The normalized spacial score (nSPS) is 36.9. The lowest BCUT2D eigenvalue weighted by Crippen LogP contribution is -2.41.